The highest BCUT2D eigenvalue weighted by atomic mass is 16.5. The molecule has 0 saturated carbocycles. The third kappa shape index (κ3) is 13.6. The minimum atomic E-state index is -0.627. The van der Waals surface area contributed by atoms with E-state index in [1.54, 1.807) is 6.08 Å². The van der Waals surface area contributed by atoms with Gasteiger partial charge in [-0.3, -0.25) is 0 Å². The zero-order valence-electron chi connectivity index (χ0n) is 10.8. The van der Waals surface area contributed by atoms with Gasteiger partial charge in [0.25, 0.3) is 0 Å². The molecule has 0 saturated heterocycles. The van der Waals surface area contributed by atoms with Gasteiger partial charge < -0.3 is 29.2 Å². The Balaban J connectivity index is 3.07. The lowest BCUT2D eigenvalue weighted by molar-refractivity contribution is -0.0340. The van der Waals surface area contributed by atoms with Crippen molar-refractivity contribution >= 4 is 0 Å². The molecule has 18 heavy (non-hydrogen) atoms. The predicted molar refractivity (Wildman–Crippen MR) is 66.6 cm³/mol. The smallest absolute Gasteiger partial charge is 0.101 e. The van der Waals surface area contributed by atoms with Crippen LogP contribution in [0.4, 0.5) is 0 Å². The Bertz CT molecular complexity index is 176. The molecule has 108 valence electrons. The molecule has 0 heterocycles. The molecule has 0 aromatic rings. The van der Waals surface area contributed by atoms with Gasteiger partial charge in [-0.25, -0.2) is 0 Å². The maximum atomic E-state index is 9.41. The summed E-state index contributed by atoms with van der Waals surface area (Å²) in [4.78, 5) is 0. The van der Waals surface area contributed by atoms with Crippen LogP contribution in [-0.2, 0) is 18.9 Å². The standard InChI is InChI=1S/C12H24O6/c1-2-4-17-10-12(14)11-18-9-8-16-7-6-15-5-3-13/h2,12-14H,1,3-11H2. The van der Waals surface area contributed by atoms with Gasteiger partial charge in [-0.15, -0.1) is 6.58 Å². The quantitative estimate of drug-likeness (QED) is 0.328. The van der Waals surface area contributed by atoms with Crippen LogP contribution in [0.3, 0.4) is 0 Å². The van der Waals surface area contributed by atoms with Crippen molar-refractivity contribution in [3.8, 4) is 0 Å². The minimum Gasteiger partial charge on any atom is -0.394 e. The fourth-order valence-corrected chi connectivity index (χ4v) is 1.06. The number of hydrogen-bond acceptors (Lipinski definition) is 6. The van der Waals surface area contributed by atoms with E-state index in [0.29, 0.717) is 39.6 Å². The molecule has 0 bridgehead atoms. The molecule has 0 aliphatic heterocycles. The molecule has 0 aliphatic carbocycles. The number of hydrogen-bond donors (Lipinski definition) is 2. The maximum Gasteiger partial charge on any atom is 0.101 e. The van der Waals surface area contributed by atoms with Crippen LogP contribution in [0.2, 0.25) is 0 Å². The zero-order valence-corrected chi connectivity index (χ0v) is 10.8. The zero-order chi connectivity index (χ0) is 13.5. The summed E-state index contributed by atoms with van der Waals surface area (Å²) >= 11 is 0. The molecule has 0 spiro atoms. The topological polar surface area (TPSA) is 77.4 Å². The summed E-state index contributed by atoms with van der Waals surface area (Å²) in [6, 6.07) is 0. The lowest BCUT2D eigenvalue weighted by atomic mass is 10.4. The van der Waals surface area contributed by atoms with E-state index < -0.39 is 6.10 Å². The predicted octanol–water partition coefficient (Wildman–Crippen LogP) is -0.408. The molecule has 2 N–H and O–H groups in total. The normalized spacial score (nSPS) is 12.6. The molecule has 0 aliphatic rings. The van der Waals surface area contributed by atoms with E-state index >= 15 is 0 Å². The molecule has 0 fully saturated rings. The van der Waals surface area contributed by atoms with Crippen molar-refractivity contribution in [1.29, 1.82) is 0 Å². The average Bonchev–Trinajstić information content (AvgIpc) is 2.37. The van der Waals surface area contributed by atoms with E-state index in [0.717, 1.165) is 0 Å². The fourth-order valence-electron chi connectivity index (χ4n) is 1.06. The van der Waals surface area contributed by atoms with Gasteiger partial charge in [-0.05, 0) is 0 Å². The number of aliphatic hydroxyl groups excluding tert-OH is 2. The maximum absolute atomic E-state index is 9.41. The molecular formula is C12H24O6. The first-order valence-corrected chi connectivity index (χ1v) is 6.02. The minimum absolute atomic E-state index is 0.0227. The molecule has 6 nitrogen and oxygen atoms in total. The van der Waals surface area contributed by atoms with Crippen LogP contribution in [-0.4, -0.2) is 75.8 Å². The highest BCUT2D eigenvalue weighted by Crippen LogP contribution is 1.89. The van der Waals surface area contributed by atoms with Crippen molar-refractivity contribution in [2.45, 2.75) is 6.10 Å². The number of aliphatic hydroxyl groups is 2. The van der Waals surface area contributed by atoms with E-state index in [4.69, 9.17) is 24.1 Å². The van der Waals surface area contributed by atoms with Crippen molar-refractivity contribution in [3.63, 3.8) is 0 Å². The Morgan fingerprint density at radius 3 is 2.06 bits per heavy atom. The molecule has 0 amide bonds. The summed E-state index contributed by atoms with van der Waals surface area (Å²) < 4.78 is 20.5. The van der Waals surface area contributed by atoms with Crippen molar-refractivity contribution in [1.82, 2.24) is 0 Å². The van der Waals surface area contributed by atoms with E-state index in [1.807, 2.05) is 0 Å². The van der Waals surface area contributed by atoms with E-state index in [2.05, 4.69) is 6.58 Å². The Morgan fingerprint density at radius 2 is 1.44 bits per heavy atom. The van der Waals surface area contributed by atoms with Gasteiger partial charge in [0.15, 0.2) is 0 Å². The molecule has 0 radical (unpaired) electrons. The Labute approximate surface area is 108 Å². The average molecular weight is 264 g/mol. The molecule has 0 aromatic carbocycles. The lowest BCUT2D eigenvalue weighted by Gasteiger charge is -2.11. The van der Waals surface area contributed by atoms with Gasteiger partial charge in [0.1, 0.15) is 6.10 Å². The van der Waals surface area contributed by atoms with Gasteiger partial charge >= 0.3 is 0 Å². The third-order valence-corrected chi connectivity index (χ3v) is 1.84. The summed E-state index contributed by atoms with van der Waals surface area (Å²) in [5, 5.41) is 17.8. The largest absolute Gasteiger partial charge is 0.394 e. The van der Waals surface area contributed by atoms with Crippen molar-refractivity contribution in [2.75, 3.05) is 59.5 Å². The van der Waals surface area contributed by atoms with Crippen LogP contribution in [0, 0.1) is 0 Å². The van der Waals surface area contributed by atoms with Crippen molar-refractivity contribution in [2.24, 2.45) is 0 Å². The van der Waals surface area contributed by atoms with Crippen LogP contribution in [0.15, 0.2) is 12.7 Å². The van der Waals surface area contributed by atoms with Crippen LogP contribution >= 0.6 is 0 Å². The van der Waals surface area contributed by atoms with Gasteiger partial charge in [0, 0.05) is 0 Å². The molecule has 0 aromatic heterocycles. The lowest BCUT2D eigenvalue weighted by Crippen LogP contribution is -2.23. The second-order valence-electron chi connectivity index (χ2n) is 3.50. The monoisotopic (exact) mass is 264 g/mol. The van der Waals surface area contributed by atoms with E-state index in [1.165, 1.54) is 0 Å². The van der Waals surface area contributed by atoms with E-state index in [-0.39, 0.29) is 19.8 Å². The van der Waals surface area contributed by atoms with Crippen LogP contribution in [0.1, 0.15) is 0 Å². The Kier molecular flexibility index (Phi) is 14.2. The highest BCUT2D eigenvalue weighted by molar-refractivity contribution is 4.64. The second-order valence-corrected chi connectivity index (χ2v) is 3.50. The summed E-state index contributed by atoms with van der Waals surface area (Å²) in [6.07, 6.45) is 0.998. The fraction of sp³-hybridized carbons (Fsp3) is 0.833. The van der Waals surface area contributed by atoms with Gasteiger partial charge in [-0.2, -0.15) is 0 Å². The molecule has 6 heteroatoms. The second kappa shape index (κ2) is 14.6. The number of rotatable bonds is 14. The first kappa shape index (κ1) is 17.5. The van der Waals surface area contributed by atoms with Gasteiger partial charge in [-0.1, -0.05) is 6.08 Å². The third-order valence-electron chi connectivity index (χ3n) is 1.84. The number of ether oxygens (including phenoxy) is 4. The van der Waals surface area contributed by atoms with Crippen LogP contribution in [0.25, 0.3) is 0 Å². The van der Waals surface area contributed by atoms with Gasteiger partial charge in [0.05, 0.1) is 59.5 Å². The molecule has 0 rings (SSSR count). The summed E-state index contributed by atoms with van der Waals surface area (Å²) in [6.45, 7) is 6.53. The highest BCUT2D eigenvalue weighted by Gasteiger charge is 2.03. The summed E-state index contributed by atoms with van der Waals surface area (Å²) in [5.41, 5.74) is 0. The Hall–Kier alpha value is -0.500. The first-order valence-electron chi connectivity index (χ1n) is 6.02. The van der Waals surface area contributed by atoms with Crippen molar-refractivity contribution in [3.05, 3.63) is 12.7 Å². The summed E-state index contributed by atoms with van der Waals surface area (Å²) in [5.74, 6) is 0. The first-order chi connectivity index (χ1) is 8.81. The molecule has 1 unspecified atom stereocenters. The summed E-state index contributed by atoms with van der Waals surface area (Å²) in [7, 11) is 0. The molecular weight excluding hydrogens is 240 g/mol. The van der Waals surface area contributed by atoms with Crippen LogP contribution in [0.5, 0.6) is 0 Å². The molecule has 1 atom stereocenters. The van der Waals surface area contributed by atoms with E-state index in [9.17, 15) is 5.11 Å². The Morgan fingerprint density at radius 1 is 0.889 bits per heavy atom. The SMILES string of the molecule is C=CCOCC(O)COCCOCCOCCO. The van der Waals surface area contributed by atoms with Crippen LogP contribution < -0.4 is 0 Å². The van der Waals surface area contributed by atoms with Crippen molar-refractivity contribution < 1.29 is 29.2 Å². The van der Waals surface area contributed by atoms with Gasteiger partial charge in [0.2, 0.25) is 0 Å².